The minimum atomic E-state index is -0.267. The number of nitrogens with zero attached hydrogens (tertiary/aromatic N) is 4. The maximum atomic E-state index is 13.0. The van der Waals surface area contributed by atoms with Crippen molar-refractivity contribution in [1.29, 1.82) is 0 Å². The van der Waals surface area contributed by atoms with Crippen LogP contribution in [-0.2, 0) is 6.54 Å². The first kappa shape index (κ1) is 16.5. The van der Waals surface area contributed by atoms with Gasteiger partial charge in [0.1, 0.15) is 17.0 Å². The molecule has 0 amide bonds. The predicted molar refractivity (Wildman–Crippen MR) is 101 cm³/mol. The zero-order valence-corrected chi connectivity index (χ0v) is 14.5. The third kappa shape index (κ3) is 2.79. The van der Waals surface area contributed by atoms with Crippen molar-refractivity contribution >= 4 is 22.5 Å². The van der Waals surface area contributed by atoms with Gasteiger partial charge in [0.25, 0.3) is 5.56 Å². The first-order valence-corrected chi connectivity index (χ1v) is 8.47. The third-order valence-electron chi connectivity index (χ3n) is 4.12. The first-order chi connectivity index (χ1) is 12.7. The molecule has 6 nitrogen and oxygen atoms in total. The zero-order chi connectivity index (χ0) is 18.1. The van der Waals surface area contributed by atoms with Crippen LogP contribution in [0.5, 0.6) is 0 Å². The summed E-state index contributed by atoms with van der Waals surface area (Å²) in [5, 5.41) is 14.9. The van der Waals surface area contributed by atoms with Crippen LogP contribution < -0.4 is 5.56 Å². The standard InChI is InChI=1S/C19H15ClN4O2/c20-14-5-1-4-13(12-14)17-18-15(6-2-8-21-18)19(26)24(22-17)16-7-3-9-23(16)10-11-25/h1-9,12,25H,10-11H2. The molecule has 7 heteroatoms. The molecule has 4 rings (SSSR count). The molecule has 0 spiro atoms. The van der Waals surface area contributed by atoms with Crippen LogP contribution in [0, 0.1) is 0 Å². The Labute approximate surface area is 153 Å². The van der Waals surface area contributed by atoms with E-state index in [4.69, 9.17) is 11.6 Å². The highest BCUT2D eigenvalue weighted by atomic mass is 35.5. The number of benzene rings is 1. The quantitative estimate of drug-likeness (QED) is 0.602. The highest BCUT2D eigenvalue weighted by molar-refractivity contribution is 6.30. The van der Waals surface area contributed by atoms with Crippen molar-refractivity contribution in [3.05, 3.63) is 76.3 Å². The molecular formula is C19H15ClN4O2. The van der Waals surface area contributed by atoms with Gasteiger partial charge in [-0.2, -0.15) is 9.78 Å². The summed E-state index contributed by atoms with van der Waals surface area (Å²) in [7, 11) is 0. The summed E-state index contributed by atoms with van der Waals surface area (Å²) in [5.41, 5.74) is 1.60. The number of pyridine rings is 1. The van der Waals surface area contributed by atoms with Crippen LogP contribution in [0.25, 0.3) is 28.0 Å². The van der Waals surface area contributed by atoms with Crippen LogP contribution >= 0.6 is 11.6 Å². The number of fused-ring (bicyclic) bond motifs is 1. The van der Waals surface area contributed by atoms with Crippen LogP contribution in [0.2, 0.25) is 5.02 Å². The number of aromatic nitrogens is 4. The fourth-order valence-electron chi connectivity index (χ4n) is 2.95. The predicted octanol–water partition coefficient (Wildman–Crippen LogP) is 2.89. The van der Waals surface area contributed by atoms with E-state index in [1.165, 1.54) is 4.68 Å². The topological polar surface area (TPSA) is 72.9 Å². The minimum Gasteiger partial charge on any atom is -0.395 e. The Hall–Kier alpha value is -2.96. The van der Waals surface area contributed by atoms with Crippen molar-refractivity contribution in [3.8, 4) is 17.1 Å². The zero-order valence-electron chi connectivity index (χ0n) is 13.7. The van der Waals surface area contributed by atoms with E-state index in [-0.39, 0.29) is 12.2 Å². The number of halogens is 1. The lowest BCUT2D eigenvalue weighted by Gasteiger charge is -2.13. The van der Waals surface area contributed by atoms with Crippen LogP contribution in [-0.4, -0.2) is 31.0 Å². The summed E-state index contributed by atoms with van der Waals surface area (Å²) < 4.78 is 3.12. The fourth-order valence-corrected chi connectivity index (χ4v) is 3.14. The summed E-state index contributed by atoms with van der Waals surface area (Å²) in [5.74, 6) is 0.582. The SMILES string of the molecule is O=c1c2cccnc2c(-c2cccc(Cl)c2)nn1-c1cccn1CCO. The third-order valence-corrected chi connectivity index (χ3v) is 4.35. The molecular weight excluding hydrogens is 352 g/mol. The molecule has 4 aromatic rings. The molecule has 0 aliphatic rings. The summed E-state index contributed by atoms with van der Waals surface area (Å²) in [6.45, 7) is 0.334. The molecule has 0 aliphatic heterocycles. The normalized spacial score (nSPS) is 11.2. The molecule has 0 fully saturated rings. The van der Waals surface area contributed by atoms with Gasteiger partial charge in [0.15, 0.2) is 0 Å². The lowest BCUT2D eigenvalue weighted by molar-refractivity contribution is 0.275. The van der Waals surface area contributed by atoms with E-state index >= 15 is 0 Å². The Morgan fingerprint density at radius 3 is 2.81 bits per heavy atom. The minimum absolute atomic E-state index is 0.0350. The van der Waals surface area contributed by atoms with E-state index in [1.54, 1.807) is 47.3 Å². The second-order valence-electron chi connectivity index (χ2n) is 5.76. The van der Waals surface area contributed by atoms with Crippen molar-refractivity contribution in [1.82, 2.24) is 19.3 Å². The highest BCUT2D eigenvalue weighted by Gasteiger charge is 2.16. The number of aliphatic hydroxyl groups is 1. The summed E-state index contributed by atoms with van der Waals surface area (Å²) >= 11 is 6.13. The van der Waals surface area contributed by atoms with Gasteiger partial charge < -0.3 is 9.67 Å². The molecule has 0 saturated carbocycles. The van der Waals surface area contributed by atoms with Gasteiger partial charge in [0.2, 0.25) is 0 Å². The van der Waals surface area contributed by atoms with Gasteiger partial charge in [-0.05, 0) is 36.4 Å². The molecule has 0 bridgehead atoms. The second kappa shape index (κ2) is 6.74. The molecule has 3 aromatic heterocycles. The molecule has 0 radical (unpaired) electrons. The maximum Gasteiger partial charge on any atom is 0.282 e. The molecule has 0 saturated heterocycles. The van der Waals surface area contributed by atoms with E-state index in [2.05, 4.69) is 10.1 Å². The smallest absolute Gasteiger partial charge is 0.282 e. The van der Waals surface area contributed by atoms with E-state index in [0.29, 0.717) is 34.0 Å². The van der Waals surface area contributed by atoms with Crippen molar-refractivity contribution in [2.75, 3.05) is 6.61 Å². The molecule has 26 heavy (non-hydrogen) atoms. The Morgan fingerprint density at radius 1 is 1.12 bits per heavy atom. The van der Waals surface area contributed by atoms with E-state index < -0.39 is 0 Å². The van der Waals surface area contributed by atoms with Crippen LogP contribution in [0.1, 0.15) is 0 Å². The highest BCUT2D eigenvalue weighted by Crippen LogP contribution is 2.26. The Balaban J connectivity index is 2.05. The van der Waals surface area contributed by atoms with Crippen LogP contribution in [0.4, 0.5) is 0 Å². The van der Waals surface area contributed by atoms with Crippen LogP contribution in [0.15, 0.2) is 65.7 Å². The molecule has 1 N–H and O–H groups in total. The largest absolute Gasteiger partial charge is 0.395 e. The number of hydrogen-bond acceptors (Lipinski definition) is 4. The average Bonchev–Trinajstić information content (AvgIpc) is 3.11. The second-order valence-corrected chi connectivity index (χ2v) is 6.20. The van der Waals surface area contributed by atoms with E-state index in [1.807, 2.05) is 18.2 Å². The van der Waals surface area contributed by atoms with Gasteiger partial charge in [-0.3, -0.25) is 9.78 Å². The van der Waals surface area contributed by atoms with E-state index in [0.717, 1.165) is 5.56 Å². The maximum absolute atomic E-state index is 13.0. The lowest BCUT2D eigenvalue weighted by atomic mass is 10.1. The Bertz CT molecular complexity index is 1150. The van der Waals surface area contributed by atoms with Gasteiger partial charge in [-0.15, -0.1) is 0 Å². The monoisotopic (exact) mass is 366 g/mol. The van der Waals surface area contributed by atoms with Gasteiger partial charge in [-0.1, -0.05) is 23.7 Å². The van der Waals surface area contributed by atoms with Gasteiger partial charge >= 0.3 is 0 Å². The van der Waals surface area contributed by atoms with E-state index in [9.17, 15) is 9.90 Å². The van der Waals surface area contributed by atoms with Crippen molar-refractivity contribution < 1.29 is 5.11 Å². The van der Waals surface area contributed by atoms with Gasteiger partial charge in [0.05, 0.1) is 12.0 Å². The van der Waals surface area contributed by atoms with Gasteiger partial charge in [0, 0.05) is 29.5 Å². The van der Waals surface area contributed by atoms with Crippen LogP contribution in [0.3, 0.4) is 0 Å². The van der Waals surface area contributed by atoms with Crippen molar-refractivity contribution in [3.63, 3.8) is 0 Å². The number of hydrogen-bond donors (Lipinski definition) is 1. The summed E-state index contributed by atoms with van der Waals surface area (Å²) in [6.07, 6.45) is 3.43. The molecule has 3 heterocycles. The lowest BCUT2D eigenvalue weighted by Crippen LogP contribution is -2.25. The molecule has 0 atom stereocenters. The fraction of sp³-hybridized carbons (Fsp3) is 0.105. The number of rotatable bonds is 4. The summed E-state index contributed by atoms with van der Waals surface area (Å²) in [6, 6.07) is 14.3. The van der Waals surface area contributed by atoms with Gasteiger partial charge in [-0.25, -0.2) is 0 Å². The van der Waals surface area contributed by atoms with Crippen molar-refractivity contribution in [2.45, 2.75) is 6.54 Å². The molecule has 0 unspecified atom stereocenters. The molecule has 130 valence electrons. The Kier molecular flexibility index (Phi) is 4.28. The Morgan fingerprint density at radius 2 is 2.00 bits per heavy atom. The summed E-state index contributed by atoms with van der Waals surface area (Å²) in [4.78, 5) is 17.4. The molecule has 0 aliphatic carbocycles. The van der Waals surface area contributed by atoms with Crippen molar-refractivity contribution in [2.24, 2.45) is 0 Å². The average molecular weight is 367 g/mol. The molecule has 1 aromatic carbocycles. The number of aliphatic hydroxyl groups excluding tert-OH is 1. The first-order valence-electron chi connectivity index (χ1n) is 8.09.